The molecule has 38 heavy (non-hydrogen) atoms. The van der Waals surface area contributed by atoms with Crippen LogP contribution in [-0.2, 0) is 14.9 Å². The van der Waals surface area contributed by atoms with Crippen LogP contribution in [0.3, 0.4) is 0 Å². The number of H-pyrrole nitrogens is 1. The summed E-state index contributed by atoms with van der Waals surface area (Å²) in [4.78, 5) is 45.7. The van der Waals surface area contributed by atoms with Crippen LogP contribution in [-0.4, -0.2) is 59.0 Å². The average molecular weight is 520 g/mol. The maximum absolute atomic E-state index is 13.5. The molecular weight excluding hydrogens is 489 g/mol. The molecular formula is C29H30FN3O5. The third kappa shape index (κ3) is 4.76. The van der Waals surface area contributed by atoms with Gasteiger partial charge in [0, 0.05) is 47.7 Å². The molecule has 0 radical (unpaired) electrons. The molecule has 2 aromatic carbocycles. The molecule has 2 aliphatic heterocycles. The highest BCUT2D eigenvalue weighted by atomic mass is 19.1. The van der Waals surface area contributed by atoms with Crippen LogP contribution in [0.1, 0.15) is 55.2 Å². The van der Waals surface area contributed by atoms with Gasteiger partial charge in [0.25, 0.3) is 5.91 Å². The van der Waals surface area contributed by atoms with E-state index in [1.165, 1.54) is 35.4 Å². The number of aromatic amines is 1. The normalized spacial score (nSPS) is 16.6. The van der Waals surface area contributed by atoms with E-state index in [1.807, 2.05) is 19.9 Å². The van der Waals surface area contributed by atoms with Crippen molar-refractivity contribution in [1.82, 2.24) is 14.8 Å². The second kappa shape index (κ2) is 9.96. The molecule has 9 heteroatoms. The number of aromatic nitrogens is 1. The average Bonchev–Trinajstić information content (AvgIpc) is 3.53. The maximum atomic E-state index is 13.5. The van der Waals surface area contributed by atoms with E-state index < -0.39 is 17.2 Å². The molecule has 5 rings (SSSR count). The monoisotopic (exact) mass is 519 g/mol. The minimum absolute atomic E-state index is 0.164. The first-order chi connectivity index (χ1) is 18.2. The van der Waals surface area contributed by atoms with Gasteiger partial charge < -0.3 is 24.3 Å². The Morgan fingerprint density at radius 2 is 1.76 bits per heavy atom. The molecule has 0 bridgehead atoms. The summed E-state index contributed by atoms with van der Waals surface area (Å²) >= 11 is 0. The standard InChI is InChI=1S/C29H30FN3O5/c1-4-37-27(35)22-16-33(26(34)18-7-9-19(30)10-8-18)17-29(2,3)24-21-15-20(11-12-23(21)31-25(22)24)38-28(36)32-13-5-6-14-32/h7-12,15-16,31H,4-6,13-14,17H2,1-3H3. The van der Waals surface area contributed by atoms with Gasteiger partial charge in [-0.2, -0.15) is 0 Å². The Hall–Kier alpha value is -4.14. The number of likely N-dealkylation sites (tertiary alicyclic amines) is 1. The van der Waals surface area contributed by atoms with E-state index in [1.54, 1.807) is 24.0 Å². The highest BCUT2D eigenvalue weighted by molar-refractivity contribution is 6.18. The molecule has 0 spiro atoms. The fraction of sp³-hybridized carbons (Fsp3) is 0.345. The van der Waals surface area contributed by atoms with Crippen molar-refractivity contribution in [3.8, 4) is 5.75 Å². The van der Waals surface area contributed by atoms with E-state index in [9.17, 15) is 18.8 Å². The zero-order chi connectivity index (χ0) is 27.0. The van der Waals surface area contributed by atoms with Crippen LogP contribution in [0.2, 0.25) is 0 Å². The quantitative estimate of drug-likeness (QED) is 0.476. The first kappa shape index (κ1) is 25.5. The van der Waals surface area contributed by atoms with Gasteiger partial charge >= 0.3 is 12.1 Å². The van der Waals surface area contributed by atoms with Crippen molar-refractivity contribution >= 4 is 34.4 Å². The van der Waals surface area contributed by atoms with Crippen LogP contribution >= 0.6 is 0 Å². The van der Waals surface area contributed by atoms with E-state index in [0.29, 0.717) is 30.1 Å². The van der Waals surface area contributed by atoms with Crippen molar-refractivity contribution < 1.29 is 28.2 Å². The van der Waals surface area contributed by atoms with E-state index >= 15 is 0 Å². The first-order valence-corrected chi connectivity index (χ1v) is 12.8. The predicted octanol–water partition coefficient (Wildman–Crippen LogP) is 5.24. The Labute approximate surface area is 220 Å². The number of ether oxygens (including phenoxy) is 2. The second-order valence-electron chi connectivity index (χ2n) is 10.2. The molecule has 8 nitrogen and oxygen atoms in total. The number of fused-ring (bicyclic) bond motifs is 3. The van der Waals surface area contributed by atoms with Gasteiger partial charge in [-0.25, -0.2) is 14.0 Å². The molecule has 3 aromatic rings. The zero-order valence-corrected chi connectivity index (χ0v) is 21.7. The molecule has 0 saturated carbocycles. The molecule has 3 heterocycles. The SMILES string of the molecule is CCOC(=O)C1=CN(C(=O)c2ccc(F)cc2)CC(C)(C)c2c1[nH]c1ccc(OC(=O)N3CCCC3)cc21. The number of amides is 2. The number of esters is 1. The number of hydrogen-bond donors (Lipinski definition) is 1. The Kier molecular flexibility index (Phi) is 6.69. The Bertz CT molecular complexity index is 1430. The summed E-state index contributed by atoms with van der Waals surface area (Å²) in [7, 11) is 0. The summed E-state index contributed by atoms with van der Waals surface area (Å²) in [6, 6.07) is 10.6. The number of nitrogens with zero attached hydrogens (tertiary/aromatic N) is 2. The Morgan fingerprint density at radius 3 is 2.45 bits per heavy atom. The van der Waals surface area contributed by atoms with Crippen molar-refractivity contribution in [1.29, 1.82) is 0 Å². The van der Waals surface area contributed by atoms with Crippen LogP contribution in [0.4, 0.5) is 9.18 Å². The third-order valence-corrected chi connectivity index (χ3v) is 6.98. The van der Waals surface area contributed by atoms with E-state index in [-0.39, 0.29) is 30.7 Å². The summed E-state index contributed by atoms with van der Waals surface area (Å²) in [5.74, 6) is -0.981. The largest absolute Gasteiger partial charge is 0.462 e. The molecule has 0 unspecified atom stereocenters. The lowest BCUT2D eigenvalue weighted by atomic mass is 9.81. The van der Waals surface area contributed by atoms with Gasteiger partial charge in [-0.15, -0.1) is 0 Å². The van der Waals surface area contributed by atoms with Gasteiger partial charge in [-0.1, -0.05) is 13.8 Å². The van der Waals surface area contributed by atoms with Crippen molar-refractivity contribution in [2.75, 3.05) is 26.2 Å². The number of hydrogen-bond acceptors (Lipinski definition) is 5. The number of benzene rings is 2. The minimum Gasteiger partial charge on any atom is -0.462 e. The number of halogens is 1. The van der Waals surface area contributed by atoms with Gasteiger partial charge in [0.2, 0.25) is 0 Å². The van der Waals surface area contributed by atoms with Crippen LogP contribution in [0, 0.1) is 5.82 Å². The fourth-order valence-corrected chi connectivity index (χ4v) is 5.23. The van der Waals surface area contributed by atoms with Gasteiger partial charge in [0.05, 0.1) is 17.9 Å². The van der Waals surface area contributed by atoms with Crippen molar-refractivity contribution in [3.63, 3.8) is 0 Å². The fourth-order valence-electron chi connectivity index (χ4n) is 5.23. The van der Waals surface area contributed by atoms with Gasteiger partial charge in [0.15, 0.2) is 0 Å². The number of nitrogens with one attached hydrogen (secondary N) is 1. The lowest BCUT2D eigenvalue weighted by molar-refractivity contribution is -0.136. The van der Waals surface area contributed by atoms with E-state index in [0.717, 1.165) is 29.3 Å². The summed E-state index contributed by atoms with van der Waals surface area (Å²) < 4.78 is 24.5. The smallest absolute Gasteiger partial charge is 0.415 e. The lowest BCUT2D eigenvalue weighted by Gasteiger charge is -2.29. The summed E-state index contributed by atoms with van der Waals surface area (Å²) in [5, 5.41) is 0.781. The van der Waals surface area contributed by atoms with Gasteiger partial charge in [0.1, 0.15) is 11.6 Å². The van der Waals surface area contributed by atoms with Crippen molar-refractivity contribution in [2.24, 2.45) is 0 Å². The molecule has 2 aliphatic rings. The van der Waals surface area contributed by atoms with Gasteiger partial charge in [-0.05, 0) is 67.8 Å². The molecule has 1 fully saturated rings. The second-order valence-corrected chi connectivity index (χ2v) is 10.2. The van der Waals surface area contributed by atoms with Crippen LogP contribution in [0.15, 0.2) is 48.7 Å². The molecule has 1 aromatic heterocycles. The number of rotatable bonds is 4. The third-order valence-electron chi connectivity index (χ3n) is 6.98. The highest BCUT2D eigenvalue weighted by Gasteiger charge is 2.37. The molecule has 1 N–H and O–H groups in total. The number of carbonyl (C=O) groups excluding carboxylic acids is 3. The highest BCUT2D eigenvalue weighted by Crippen LogP contribution is 2.41. The zero-order valence-electron chi connectivity index (χ0n) is 21.7. The molecule has 0 aliphatic carbocycles. The maximum Gasteiger partial charge on any atom is 0.415 e. The van der Waals surface area contributed by atoms with Crippen molar-refractivity contribution in [2.45, 2.75) is 39.0 Å². The molecule has 2 amide bonds. The van der Waals surface area contributed by atoms with Crippen LogP contribution in [0.25, 0.3) is 16.5 Å². The Balaban J connectivity index is 1.58. The minimum atomic E-state index is -0.633. The summed E-state index contributed by atoms with van der Waals surface area (Å²) in [6.07, 6.45) is 3.04. The van der Waals surface area contributed by atoms with Crippen LogP contribution < -0.4 is 4.74 Å². The summed E-state index contributed by atoms with van der Waals surface area (Å²) in [5.41, 5.74) is 1.98. The first-order valence-electron chi connectivity index (χ1n) is 12.8. The lowest BCUT2D eigenvalue weighted by Crippen LogP contribution is -2.37. The van der Waals surface area contributed by atoms with Gasteiger partial charge in [-0.3, -0.25) is 4.79 Å². The number of carbonyl (C=O) groups is 3. The molecule has 0 atom stereocenters. The predicted molar refractivity (Wildman–Crippen MR) is 140 cm³/mol. The topological polar surface area (TPSA) is 91.9 Å². The molecule has 198 valence electrons. The Morgan fingerprint density at radius 1 is 1.05 bits per heavy atom. The molecule has 1 saturated heterocycles. The van der Waals surface area contributed by atoms with Crippen LogP contribution in [0.5, 0.6) is 5.75 Å². The van der Waals surface area contributed by atoms with Crippen molar-refractivity contribution in [3.05, 3.63) is 71.3 Å². The summed E-state index contributed by atoms with van der Waals surface area (Å²) in [6.45, 7) is 7.44. The van der Waals surface area contributed by atoms with E-state index in [2.05, 4.69) is 4.98 Å². The van der Waals surface area contributed by atoms with E-state index in [4.69, 9.17) is 9.47 Å².